The van der Waals surface area contributed by atoms with Crippen LogP contribution in [-0.4, -0.2) is 0 Å². The van der Waals surface area contributed by atoms with Gasteiger partial charge in [0.05, 0.1) is 12.3 Å². The van der Waals surface area contributed by atoms with Crippen molar-refractivity contribution in [2.45, 2.75) is 33.7 Å². The molecule has 4 nitrogen and oxygen atoms in total. The van der Waals surface area contributed by atoms with Gasteiger partial charge in [0, 0.05) is 10.6 Å². The summed E-state index contributed by atoms with van der Waals surface area (Å²) >= 11 is 0. The van der Waals surface area contributed by atoms with E-state index in [-0.39, 0.29) is 0 Å². The van der Waals surface area contributed by atoms with Gasteiger partial charge in [0.2, 0.25) is 7.29 Å². The number of nitrogens with one attached hydrogen (secondary N) is 1. The molecule has 0 bridgehead atoms. The third-order valence-electron chi connectivity index (χ3n) is 4.78. The minimum atomic E-state index is -3.32. The first-order chi connectivity index (χ1) is 12.9. The molecule has 0 spiro atoms. The molecule has 0 radical (unpaired) electrons. The standard InChI is InChI=1S/C22H23N2O2P/c1-15-8-5-9-16(2)21(15)27(25,22-17(3)10-6-11-18(22)4)24-19(14-23)20-12-7-13-26-20/h5-13,19H,1-4H3,(H,24,25)/t19-/m0/s1. The second kappa shape index (κ2) is 7.56. The van der Waals surface area contributed by atoms with Gasteiger partial charge in [-0.05, 0) is 62.1 Å². The molecular weight excluding hydrogens is 355 g/mol. The van der Waals surface area contributed by atoms with Gasteiger partial charge in [-0.3, -0.25) is 4.57 Å². The van der Waals surface area contributed by atoms with Gasteiger partial charge in [-0.2, -0.15) is 5.26 Å². The summed E-state index contributed by atoms with van der Waals surface area (Å²) in [4.78, 5) is 0. The van der Waals surface area contributed by atoms with Gasteiger partial charge in [-0.1, -0.05) is 36.4 Å². The Balaban J connectivity index is 2.28. The molecule has 27 heavy (non-hydrogen) atoms. The molecular formula is C22H23N2O2P. The zero-order valence-electron chi connectivity index (χ0n) is 16.0. The lowest BCUT2D eigenvalue weighted by Gasteiger charge is -2.28. The fourth-order valence-corrected chi connectivity index (χ4v) is 6.95. The van der Waals surface area contributed by atoms with Crippen molar-refractivity contribution in [3.63, 3.8) is 0 Å². The molecule has 138 valence electrons. The van der Waals surface area contributed by atoms with Crippen LogP contribution in [0.15, 0.2) is 59.2 Å². The lowest BCUT2D eigenvalue weighted by atomic mass is 10.1. The molecule has 1 atom stereocenters. The first-order valence-corrected chi connectivity index (χ1v) is 10.5. The smallest absolute Gasteiger partial charge is 0.207 e. The molecule has 0 aliphatic carbocycles. The second-order valence-corrected chi connectivity index (χ2v) is 9.17. The molecule has 3 rings (SSSR count). The van der Waals surface area contributed by atoms with E-state index in [1.54, 1.807) is 12.1 Å². The Morgan fingerprint density at radius 1 is 0.889 bits per heavy atom. The van der Waals surface area contributed by atoms with Gasteiger partial charge >= 0.3 is 0 Å². The summed E-state index contributed by atoms with van der Waals surface area (Å²) in [5.41, 5.74) is 3.74. The number of benzene rings is 2. The average Bonchev–Trinajstić information content (AvgIpc) is 3.14. The molecule has 1 aromatic heterocycles. The zero-order chi connectivity index (χ0) is 19.6. The highest BCUT2D eigenvalue weighted by atomic mass is 31.2. The Labute approximate surface area is 160 Å². The predicted molar refractivity (Wildman–Crippen MR) is 109 cm³/mol. The first-order valence-electron chi connectivity index (χ1n) is 8.83. The van der Waals surface area contributed by atoms with E-state index >= 15 is 0 Å². The summed E-state index contributed by atoms with van der Waals surface area (Å²) in [6, 6.07) is 16.6. The average molecular weight is 378 g/mol. The van der Waals surface area contributed by atoms with Crippen molar-refractivity contribution in [2.75, 3.05) is 0 Å². The van der Waals surface area contributed by atoms with Crippen LogP contribution in [-0.2, 0) is 4.57 Å². The molecule has 0 saturated heterocycles. The predicted octanol–water partition coefficient (Wildman–Crippen LogP) is 4.60. The SMILES string of the molecule is Cc1cccc(C)c1P(=O)(N[C@@H](C#N)c1ccco1)c1c(C)cccc1C. The third-order valence-corrected chi connectivity index (χ3v) is 8.07. The maximum Gasteiger partial charge on any atom is 0.207 e. The first kappa shape index (κ1) is 19.2. The largest absolute Gasteiger partial charge is 0.467 e. The quantitative estimate of drug-likeness (QED) is 0.659. The van der Waals surface area contributed by atoms with Crippen molar-refractivity contribution < 1.29 is 8.98 Å². The van der Waals surface area contributed by atoms with E-state index in [4.69, 9.17) is 4.42 Å². The van der Waals surface area contributed by atoms with Crippen molar-refractivity contribution in [3.8, 4) is 6.07 Å². The van der Waals surface area contributed by atoms with E-state index in [1.165, 1.54) is 6.26 Å². The van der Waals surface area contributed by atoms with E-state index < -0.39 is 13.3 Å². The van der Waals surface area contributed by atoms with Gasteiger partial charge in [0.1, 0.15) is 5.76 Å². The summed E-state index contributed by atoms with van der Waals surface area (Å²) in [7, 11) is -3.32. The highest BCUT2D eigenvalue weighted by Crippen LogP contribution is 2.45. The van der Waals surface area contributed by atoms with Crippen molar-refractivity contribution in [3.05, 3.63) is 82.8 Å². The number of furan rings is 1. The number of hydrogen-bond donors (Lipinski definition) is 1. The molecule has 0 amide bonds. The van der Waals surface area contributed by atoms with E-state index in [0.717, 1.165) is 32.9 Å². The molecule has 0 saturated carbocycles. The monoisotopic (exact) mass is 378 g/mol. The molecule has 0 aliphatic rings. The highest BCUT2D eigenvalue weighted by molar-refractivity contribution is 7.77. The van der Waals surface area contributed by atoms with Gasteiger partial charge in [-0.15, -0.1) is 0 Å². The van der Waals surface area contributed by atoms with Gasteiger partial charge in [0.15, 0.2) is 6.04 Å². The Morgan fingerprint density at radius 3 is 1.74 bits per heavy atom. The van der Waals surface area contributed by atoms with Crippen LogP contribution >= 0.6 is 7.29 Å². The van der Waals surface area contributed by atoms with Crippen molar-refractivity contribution >= 4 is 17.9 Å². The van der Waals surface area contributed by atoms with Crippen molar-refractivity contribution in [1.29, 1.82) is 5.26 Å². The van der Waals surface area contributed by atoms with E-state index in [0.29, 0.717) is 5.76 Å². The summed E-state index contributed by atoms with van der Waals surface area (Å²) in [6.45, 7) is 7.83. The summed E-state index contributed by atoms with van der Waals surface area (Å²) < 4.78 is 20.1. The summed E-state index contributed by atoms with van der Waals surface area (Å²) in [6.07, 6.45) is 1.52. The second-order valence-electron chi connectivity index (χ2n) is 6.80. The lowest BCUT2D eigenvalue weighted by molar-refractivity contribution is 0.482. The van der Waals surface area contributed by atoms with Crippen LogP contribution in [0.1, 0.15) is 34.1 Å². The Kier molecular flexibility index (Phi) is 5.37. The highest BCUT2D eigenvalue weighted by Gasteiger charge is 2.36. The lowest BCUT2D eigenvalue weighted by Crippen LogP contribution is -2.34. The maximum absolute atomic E-state index is 14.7. The van der Waals surface area contributed by atoms with Crippen LogP contribution in [0.25, 0.3) is 0 Å². The van der Waals surface area contributed by atoms with Crippen LogP contribution in [0.2, 0.25) is 0 Å². The fraction of sp³-hybridized carbons (Fsp3) is 0.227. The summed E-state index contributed by atoms with van der Waals surface area (Å²) in [5, 5.41) is 14.4. The molecule has 1 heterocycles. The van der Waals surface area contributed by atoms with Gasteiger partial charge < -0.3 is 4.42 Å². The minimum Gasteiger partial charge on any atom is -0.467 e. The van der Waals surface area contributed by atoms with Crippen LogP contribution in [0, 0.1) is 39.0 Å². The van der Waals surface area contributed by atoms with Crippen LogP contribution < -0.4 is 15.7 Å². The fourth-order valence-electron chi connectivity index (χ4n) is 3.64. The molecule has 2 aromatic carbocycles. The minimum absolute atomic E-state index is 0.454. The van der Waals surface area contributed by atoms with E-state index in [9.17, 15) is 9.83 Å². The van der Waals surface area contributed by atoms with Gasteiger partial charge in [0.25, 0.3) is 0 Å². The van der Waals surface area contributed by atoms with E-state index in [2.05, 4.69) is 11.2 Å². The van der Waals surface area contributed by atoms with Crippen LogP contribution in [0.5, 0.6) is 0 Å². The molecule has 3 aromatic rings. The third kappa shape index (κ3) is 3.49. The number of hydrogen-bond acceptors (Lipinski definition) is 3. The number of nitriles is 1. The molecule has 5 heteroatoms. The summed E-state index contributed by atoms with van der Waals surface area (Å²) in [5.74, 6) is 0.454. The molecule has 0 aliphatic heterocycles. The van der Waals surface area contributed by atoms with Crippen molar-refractivity contribution in [1.82, 2.24) is 5.09 Å². The van der Waals surface area contributed by atoms with Crippen LogP contribution in [0.3, 0.4) is 0 Å². The Morgan fingerprint density at radius 2 is 1.37 bits per heavy atom. The Hall–Kier alpha value is -2.60. The maximum atomic E-state index is 14.7. The number of nitrogens with zero attached hydrogens (tertiary/aromatic N) is 1. The zero-order valence-corrected chi connectivity index (χ0v) is 16.9. The molecule has 0 fully saturated rings. The Bertz CT molecular complexity index is 953. The topological polar surface area (TPSA) is 66.0 Å². The number of aryl methyl sites for hydroxylation is 4. The van der Waals surface area contributed by atoms with Crippen LogP contribution in [0.4, 0.5) is 0 Å². The normalized spacial score (nSPS) is 12.6. The molecule has 1 N–H and O–H groups in total. The van der Waals surface area contributed by atoms with E-state index in [1.807, 2.05) is 64.1 Å². The van der Waals surface area contributed by atoms with Gasteiger partial charge in [-0.25, -0.2) is 5.09 Å². The van der Waals surface area contributed by atoms with Crippen molar-refractivity contribution in [2.24, 2.45) is 0 Å². The molecule has 0 unspecified atom stereocenters. The number of rotatable bonds is 5.